The number of H-pyrrole nitrogens is 1. The second kappa shape index (κ2) is 8.35. The lowest BCUT2D eigenvalue weighted by atomic mass is 10.2. The Bertz CT molecular complexity index is 824. The van der Waals surface area contributed by atoms with E-state index < -0.39 is 0 Å². The Balaban J connectivity index is 1.57. The van der Waals surface area contributed by atoms with Crippen LogP contribution in [0.15, 0.2) is 42.5 Å². The van der Waals surface area contributed by atoms with Gasteiger partial charge in [-0.1, -0.05) is 12.1 Å². The molecule has 0 amide bonds. The van der Waals surface area contributed by atoms with Crippen LogP contribution in [0.4, 0.5) is 0 Å². The molecule has 2 aromatic carbocycles. The number of nitrogens with zero attached hydrogens (tertiary/aromatic N) is 2. The summed E-state index contributed by atoms with van der Waals surface area (Å²) in [4.78, 5) is 4.26. The smallest absolute Gasteiger partial charge is 0.164 e. The summed E-state index contributed by atoms with van der Waals surface area (Å²) in [5.74, 6) is 4.34. The number of aromatic amines is 1. The van der Waals surface area contributed by atoms with Gasteiger partial charge < -0.3 is 19.5 Å². The van der Waals surface area contributed by atoms with E-state index in [1.165, 1.54) is 0 Å². The molecule has 0 aliphatic carbocycles. The lowest BCUT2D eigenvalue weighted by molar-refractivity contribution is 0.386. The number of nitrogens with one attached hydrogen (secondary N) is 2. The summed E-state index contributed by atoms with van der Waals surface area (Å²) in [7, 11) is 3.22. The van der Waals surface area contributed by atoms with Crippen molar-refractivity contribution in [2.75, 3.05) is 14.2 Å². The second-order valence-corrected chi connectivity index (χ2v) is 5.73. The lowest BCUT2D eigenvalue weighted by Gasteiger charge is -2.10. The normalized spacial score (nSPS) is 10.6. The fourth-order valence-electron chi connectivity index (χ4n) is 2.44. The van der Waals surface area contributed by atoms with E-state index in [4.69, 9.17) is 14.2 Å². The van der Waals surface area contributed by atoms with Crippen LogP contribution in [0, 0.1) is 6.92 Å². The van der Waals surface area contributed by atoms with Gasteiger partial charge in [0.1, 0.15) is 28.8 Å². The molecule has 0 aliphatic rings. The van der Waals surface area contributed by atoms with Crippen molar-refractivity contribution in [2.24, 2.45) is 0 Å². The van der Waals surface area contributed by atoms with Gasteiger partial charge in [-0.25, -0.2) is 4.98 Å². The molecule has 0 unspecified atom stereocenters. The van der Waals surface area contributed by atoms with Gasteiger partial charge in [0, 0.05) is 24.7 Å². The number of methoxy groups -OCH3 is 2. The van der Waals surface area contributed by atoms with Gasteiger partial charge in [-0.15, -0.1) is 0 Å². The highest BCUT2D eigenvalue weighted by atomic mass is 16.5. The number of hydrogen-bond acceptors (Lipinski definition) is 6. The molecule has 26 heavy (non-hydrogen) atoms. The van der Waals surface area contributed by atoms with E-state index >= 15 is 0 Å². The van der Waals surface area contributed by atoms with Crippen LogP contribution in [0.25, 0.3) is 0 Å². The summed E-state index contributed by atoms with van der Waals surface area (Å²) in [6.45, 7) is 3.22. The molecule has 136 valence electrons. The van der Waals surface area contributed by atoms with Crippen molar-refractivity contribution in [3.05, 3.63) is 59.7 Å². The molecule has 1 aromatic heterocycles. The summed E-state index contributed by atoms with van der Waals surface area (Å²) >= 11 is 0. The third kappa shape index (κ3) is 4.73. The molecule has 0 spiro atoms. The van der Waals surface area contributed by atoms with Crippen molar-refractivity contribution >= 4 is 0 Å². The SMILES string of the molecule is COc1cc(OC)cc(Oc2ccc(CNCc3n[nH]c(C)n3)cc2)c1. The first-order valence-corrected chi connectivity index (χ1v) is 8.25. The molecule has 0 bridgehead atoms. The Kier molecular flexibility index (Phi) is 5.70. The van der Waals surface area contributed by atoms with Crippen LogP contribution in [0.3, 0.4) is 0 Å². The molecule has 7 nitrogen and oxygen atoms in total. The standard InChI is InChI=1S/C19H22N4O3/c1-13-21-19(23-22-13)12-20-11-14-4-6-15(7-5-14)26-18-9-16(24-2)8-17(10-18)25-3/h4-10,20H,11-12H2,1-3H3,(H,21,22,23). The van der Waals surface area contributed by atoms with Crippen molar-refractivity contribution in [2.45, 2.75) is 20.0 Å². The minimum atomic E-state index is 0.617. The van der Waals surface area contributed by atoms with E-state index in [0.29, 0.717) is 23.8 Å². The van der Waals surface area contributed by atoms with Crippen molar-refractivity contribution in [3.8, 4) is 23.0 Å². The van der Waals surface area contributed by atoms with Crippen molar-refractivity contribution in [3.63, 3.8) is 0 Å². The Morgan fingerprint density at radius 3 is 2.12 bits per heavy atom. The molecular weight excluding hydrogens is 332 g/mol. The molecule has 0 fully saturated rings. The van der Waals surface area contributed by atoms with Crippen LogP contribution in [-0.4, -0.2) is 29.4 Å². The van der Waals surface area contributed by atoms with Gasteiger partial charge in [0.05, 0.1) is 20.8 Å². The minimum Gasteiger partial charge on any atom is -0.496 e. The van der Waals surface area contributed by atoms with Crippen LogP contribution in [-0.2, 0) is 13.1 Å². The molecule has 0 aliphatic heterocycles. The van der Waals surface area contributed by atoms with E-state index in [0.717, 1.165) is 29.5 Å². The van der Waals surface area contributed by atoms with Gasteiger partial charge in [-0.2, -0.15) is 5.10 Å². The van der Waals surface area contributed by atoms with Gasteiger partial charge in [0.25, 0.3) is 0 Å². The number of benzene rings is 2. The van der Waals surface area contributed by atoms with Crippen LogP contribution in [0.2, 0.25) is 0 Å². The van der Waals surface area contributed by atoms with Crippen molar-refractivity contribution in [1.29, 1.82) is 0 Å². The molecule has 0 radical (unpaired) electrons. The first-order chi connectivity index (χ1) is 12.7. The summed E-state index contributed by atoms with van der Waals surface area (Å²) < 4.78 is 16.4. The summed E-state index contributed by atoms with van der Waals surface area (Å²) in [5.41, 5.74) is 1.15. The molecule has 2 N–H and O–H groups in total. The molecule has 0 saturated heterocycles. The average Bonchev–Trinajstić information content (AvgIpc) is 3.08. The molecule has 1 heterocycles. The lowest BCUT2D eigenvalue weighted by Crippen LogP contribution is -2.13. The molecule has 3 rings (SSSR count). The number of aryl methyl sites for hydroxylation is 1. The molecule has 0 atom stereocenters. The second-order valence-electron chi connectivity index (χ2n) is 5.73. The number of aromatic nitrogens is 3. The third-order valence-corrected chi connectivity index (χ3v) is 3.74. The van der Waals surface area contributed by atoms with Crippen LogP contribution >= 0.6 is 0 Å². The largest absolute Gasteiger partial charge is 0.496 e. The van der Waals surface area contributed by atoms with E-state index in [2.05, 4.69) is 20.5 Å². The Labute approximate surface area is 152 Å². The highest BCUT2D eigenvalue weighted by Crippen LogP contribution is 2.30. The zero-order valence-corrected chi connectivity index (χ0v) is 15.1. The predicted molar refractivity (Wildman–Crippen MR) is 97.7 cm³/mol. The molecular formula is C19H22N4O3. The minimum absolute atomic E-state index is 0.617. The van der Waals surface area contributed by atoms with Crippen molar-refractivity contribution < 1.29 is 14.2 Å². The molecule has 7 heteroatoms. The Morgan fingerprint density at radius 2 is 1.54 bits per heavy atom. The van der Waals surface area contributed by atoms with E-state index in [9.17, 15) is 0 Å². The van der Waals surface area contributed by atoms with E-state index in [-0.39, 0.29) is 0 Å². The first-order valence-electron chi connectivity index (χ1n) is 8.25. The number of rotatable bonds is 8. The molecule has 0 saturated carbocycles. The highest BCUT2D eigenvalue weighted by Gasteiger charge is 2.05. The summed E-state index contributed by atoms with van der Waals surface area (Å²) in [6, 6.07) is 13.3. The zero-order valence-electron chi connectivity index (χ0n) is 15.1. The number of hydrogen-bond donors (Lipinski definition) is 2. The number of ether oxygens (including phenoxy) is 3. The van der Waals surface area contributed by atoms with Gasteiger partial charge in [-0.05, 0) is 24.6 Å². The van der Waals surface area contributed by atoms with E-state index in [1.54, 1.807) is 20.3 Å². The van der Waals surface area contributed by atoms with Gasteiger partial charge in [0.2, 0.25) is 0 Å². The van der Waals surface area contributed by atoms with Gasteiger partial charge >= 0.3 is 0 Å². The predicted octanol–water partition coefficient (Wildman–Crippen LogP) is 3.21. The van der Waals surface area contributed by atoms with Gasteiger partial charge in [0.15, 0.2) is 5.82 Å². The maximum atomic E-state index is 5.89. The topological polar surface area (TPSA) is 81.3 Å². The third-order valence-electron chi connectivity index (χ3n) is 3.74. The maximum Gasteiger partial charge on any atom is 0.164 e. The average molecular weight is 354 g/mol. The Hall–Kier alpha value is -3.06. The van der Waals surface area contributed by atoms with Crippen LogP contribution < -0.4 is 19.5 Å². The fourth-order valence-corrected chi connectivity index (χ4v) is 2.44. The van der Waals surface area contributed by atoms with Gasteiger partial charge in [-0.3, -0.25) is 5.10 Å². The summed E-state index contributed by atoms with van der Waals surface area (Å²) in [5, 5.41) is 10.2. The van der Waals surface area contributed by atoms with E-state index in [1.807, 2.05) is 43.3 Å². The summed E-state index contributed by atoms with van der Waals surface area (Å²) in [6.07, 6.45) is 0. The highest BCUT2D eigenvalue weighted by molar-refractivity contribution is 5.44. The van der Waals surface area contributed by atoms with Crippen LogP contribution in [0.1, 0.15) is 17.2 Å². The Morgan fingerprint density at radius 1 is 0.885 bits per heavy atom. The molecule has 3 aromatic rings. The quantitative estimate of drug-likeness (QED) is 0.646. The van der Waals surface area contributed by atoms with Crippen molar-refractivity contribution in [1.82, 2.24) is 20.5 Å². The van der Waals surface area contributed by atoms with Crippen LogP contribution in [0.5, 0.6) is 23.0 Å². The fraction of sp³-hybridized carbons (Fsp3) is 0.263. The monoisotopic (exact) mass is 354 g/mol. The maximum absolute atomic E-state index is 5.89. The zero-order chi connectivity index (χ0) is 18.4. The first kappa shape index (κ1) is 17.8.